The van der Waals surface area contributed by atoms with Crippen LogP contribution in [0, 0.1) is 0 Å². The van der Waals surface area contributed by atoms with Crippen molar-refractivity contribution in [2.24, 2.45) is 0 Å². The first-order valence-electron chi connectivity index (χ1n) is 33.1. The zero-order valence-electron chi connectivity index (χ0n) is 51.0. The van der Waals surface area contributed by atoms with Crippen LogP contribution in [0.25, 0.3) is 0 Å². The van der Waals surface area contributed by atoms with Gasteiger partial charge in [-0.25, -0.2) is 0 Å². The molecule has 0 fully saturated rings. The highest BCUT2D eigenvalue weighted by molar-refractivity contribution is 5.72. The average Bonchev–Trinajstić information content (AvgIpc) is 3.43. The quantitative estimate of drug-likeness (QED) is 0.0261. The minimum absolute atomic E-state index is 0.105. The van der Waals surface area contributed by atoms with Gasteiger partial charge in [0.25, 0.3) is 0 Å². The minimum atomic E-state index is -0.817. The topological polar surface area (TPSA) is 78.9 Å². The zero-order valence-corrected chi connectivity index (χ0v) is 51.0. The lowest BCUT2D eigenvalue weighted by molar-refractivity contribution is -0.166. The third-order valence-corrected chi connectivity index (χ3v) is 14.4. The maximum Gasteiger partial charge on any atom is 0.309 e. The molecule has 1 atom stereocenters. The normalized spacial score (nSPS) is 12.6. The van der Waals surface area contributed by atoms with E-state index in [0.29, 0.717) is 12.8 Å². The van der Waals surface area contributed by atoms with Crippen LogP contribution in [0.4, 0.5) is 0 Å². The van der Waals surface area contributed by atoms with Gasteiger partial charge in [-0.05, 0) is 77.0 Å². The Hall–Kier alpha value is -3.41. The van der Waals surface area contributed by atoms with Crippen LogP contribution in [0.5, 0.6) is 0 Å². The van der Waals surface area contributed by atoms with Gasteiger partial charge >= 0.3 is 17.9 Å². The lowest BCUT2D eigenvalue weighted by Crippen LogP contribution is -2.30. The molecule has 6 nitrogen and oxygen atoms in total. The second-order valence-corrected chi connectivity index (χ2v) is 22.0. The van der Waals surface area contributed by atoms with Crippen LogP contribution in [0.2, 0.25) is 0 Å². The van der Waals surface area contributed by atoms with Gasteiger partial charge in [0.2, 0.25) is 0 Å². The van der Waals surface area contributed by atoms with E-state index in [1.165, 1.54) is 212 Å². The SMILES string of the molecule is CC/C=C\C/C=C\C/C=C\C/C=C\C/C=C\CC(=O)OCC(COC(=O)CCCCCCCCCCCCC/C=C\C/C=C\CCCCCCC)OC(=O)CCCCCCCCCCCCCCCCCCCCCCC. The van der Waals surface area contributed by atoms with E-state index in [4.69, 9.17) is 14.2 Å². The number of allylic oxidation sites excluding steroid dienone is 13. The van der Waals surface area contributed by atoms with E-state index in [-0.39, 0.29) is 31.6 Å². The molecule has 0 aliphatic heterocycles. The van der Waals surface area contributed by atoms with Crippen LogP contribution in [-0.4, -0.2) is 37.2 Å². The van der Waals surface area contributed by atoms with Gasteiger partial charge in [0.15, 0.2) is 6.10 Å². The summed E-state index contributed by atoms with van der Waals surface area (Å²) < 4.78 is 16.8. The molecule has 0 aliphatic rings. The van der Waals surface area contributed by atoms with Crippen LogP contribution in [0.3, 0.4) is 0 Å². The molecule has 6 heteroatoms. The molecule has 0 amide bonds. The van der Waals surface area contributed by atoms with Crippen LogP contribution in [-0.2, 0) is 28.6 Å². The fourth-order valence-corrected chi connectivity index (χ4v) is 9.49. The Bertz CT molecular complexity index is 1470. The fraction of sp³-hybridized carbons (Fsp3) is 0.761. The van der Waals surface area contributed by atoms with Gasteiger partial charge in [-0.2, -0.15) is 0 Å². The standard InChI is InChI=1S/C71H124O6/c1-4-7-10-13-16-19-22-25-28-30-32-34-35-37-38-40-43-46-49-52-55-58-61-64-70(73)76-67-68(66-75-69(72)63-60-57-54-51-48-45-42-27-24-21-18-15-12-9-6-3)77-71(74)65-62-59-56-53-50-47-44-41-39-36-33-31-29-26-23-20-17-14-11-8-5-2/h9,12,18,21-22,25,27,30,32,42,48,51,57,60,68H,4-8,10-11,13-17,19-20,23-24,26,28-29,31,33-41,43-47,49-50,52-56,58-59,61-67H2,1-3H3/b12-9-,21-18-,25-22-,32-30-,42-27-,51-48-,60-57-. The molecular formula is C71H124O6. The smallest absolute Gasteiger partial charge is 0.309 e. The highest BCUT2D eigenvalue weighted by Gasteiger charge is 2.19. The summed E-state index contributed by atoms with van der Waals surface area (Å²) >= 11 is 0. The van der Waals surface area contributed by atoms with Crippen molar-refractivity contribution in [3.05, 3.63) is 85.1 Å². The van der Waals surface area contributed by atoms with E-state index in [1.54, 1.807) is 6.08 Å². The molecule has 444 valence electrons. The van der Waals surface area contributed by atoms with Gasteiger partial charge in [-0.3, -0.25) is 14.4 Å². The summed E-state index contributed by atoms with van der Waals surface area (Å²) in [5, 5.41) is 0. The summed E-state index contributed by atoms with van der Waals surface area (Å²) in [7, 11) is 0. The zero-order chi connectivity index (χ0) is 55.7. The Balaban J connectivity index is 4.38. The Kier molecular flexibility index (Phi) is 62.2. The maximum absolute atomic E-state index is 12.9. The number of carbonyl (C=O) groups excluding carboxylic acids is 3. The molecule has 0 heterocycles. The van der Waals surface area contributed by atoms with Gasteiger partial charge < -0.3 is 14.2 Å². The van der Waals surface area contributed by atoms with Crippen molar-refractivity contribution in [3.63, 3.8) is 0 Å². The van der Waals surface area contributed by atoms with Crippen molar-refractivity contribution in [2.45, 2.75) is 335 Å². The van der Waals surface area contributed by atoms with Crippen molar-refractivity contribution < 1.29 is 28.6 Å². The Morgan fingerprint density at radius 1 is 0.286 bits per heavy atom. The molecule has 0 rings (SSSR count). The lowest BCUT2D eigenvalue weighted by Gasteiger charge is -2.18. The summed E-state index contributed by atoms with van der Waals surface area (Å²) in [6.07, 6.45) is 86.3. The average molecular weight is 1070 g/mol. The lowest BCUT2D eigenvalue weighted by atomic mass is 10.0. The molecule has 0 aromatic heterocycles. The largest absolute Gasteiger partial charge is 0.462 e. The molecule has 0 saturated carbocycles. The molecule has 0 saturated heterocycles. The number of rotatable bonds is 60. The Labute approximate surface area is 477 Å². The number of carbonyl (C=O) groups is 3. The summed E-state index contributed by atoms with van der Waals surface area (Å²) in [6.45, 7) is 6.47. The Morgan fingerprint density at radius 2 is 0.558 bits per heavy atom. The Morgan fingerprint density at radius 3 is 0.909 bits per heavy atom. The summed E-state index contributed by atoms with van der Waals surface area (Å²) in [4.78, 5) is 38.3. The maximum atomic E-state index is 12.9. The first kappa shape index (κ1) is 73.6. The van der Waals surface area contributed by atoms with Crippen molar-refractivity contribution in [2.75, 3.05) is 13.2 Å². The minimum Gasteiger partial charge on any atom is -0.462 e. The van der Waals surface area contributed by atoms with Crippen LogP contribution in [0.1, 0.15) is 329 Å². The van der Waals surface area contributed by atoms with E-state index in [1.807, 2.05) is 6.08 Å². The number of unbranched alkanes of at least 4 members (excludes halogenated alkanes) is 36. The monoisotopic (exact) mass is 1070 g/mol. The van der Waals surface area contributed by atoms with Crippen LogP contribution in [0.15, 0.2) is 85.1 Å². The van der Waals surface area contributed by atoms with Crippen molar-refractivity contribution in [1.29, 1.82) is 0 Å². The van der Waals surface area contributed by atoms with Gasteiger partial charge in [-0.15, -0.1) is 0 Å². The third kappa shape index (κ3) is 63.3. The van der Waals surface area contributed by atoms with E-state index in [2.05, 4.69) is 93.7 Å². The summed E-state index contributed by atoms with van der Waals surface area (Å²) in [6, 6.07) is 0. The molecule has 77 heavy (non-hydrogen) atoms. The molecule has 0 bridgehead atoms. The molecule has 0 aromatic carbocycles. The molecule has 0 spiro atoms. The number of ether oxygens (including phenoxy) is 3. The van der Waals surface area contributed by atoms with Crippen LogP contribution >= 0.6 is 0 Å². The predicted molar refractivity (Wildman–Crippen MR) is 334 cm³/mol. The molecule has 0 N–H and O–H groups in total. The molecule has 0 aliphatic carbocycles. The van der Waals surface area contributed by atoms with Crippen molar-refractivity contribution >= 4 is 17.9 Å². The van der Waals surface area contributed by atoms with Gasteiger partial charge in [-0.1, -0.05) is 318 Å². The van der Waals surface area contributed by atoms with E-state index < -0.39 is 12.1 Å². The first-order valence-corrected chi connectivity index (χ1v) is 33.1. The number of hydrogen-bond acceptors (Lipinski definition) is 6. The second kappa shape index (κ2) is 65.1. The molecule has 1 unspecified atom stereocenters. The highest BCUT2D eigenvalue weighted by Crippen LogP contribution is 2.17. The van der Waals surface area contributed by atoms with Crippen molar-refractivity contribution in [1.82, 2.24) is 0 Å². The highest BCUT2D eigenvalue weighted by atomic mass is 16.6. The number of hydrogen-bond donors (Lipinski definition) is 0. The van der Waals surface area contributed by atoms with Gasteiger partial charge in [0, 0.05) is 12.8 Å². The predicted octanol–water partition coefficient (Wildman–Crippen LogP) is 22.7. The molecule has 0 radical (unpaired) electrons. The first-order chi connectivity index (χ1) is 38.0. The summed E-state index contributed by atoms with van der Waals surface area (Å²) in [5.74, 6) is -1.02. The third-order valence-electron chi connectivity index (χ3n) is 14.4. The van der Waals surface area contributed by atoms with E-state index in [9.17, 15) is 14.4 Å². The van der Waals surface area contributed by atoms with Crippen molar-refractivity contribution in [3.8, 4) is 0 Å². The number of esters is 3. The summed E-state index contributed by atoms with van der Waals surface area (Å²) in [5.41, 5.74) is 0. The second-order valence-electron chi connectivity index (χ2n) is 22.0. The fourth-order valence-electron chi connectivity index (χ4n) is 9.49. The molecular weight excluding hydrogens is 949 g/mol. The van der Waals surface area contributed by atoms with Gasteiger partial charge in [0.1, 0.15) is 13.2 Å². The molecule has 0 aromatic rings. The van der Waals surface area contributed by atoms with Gasteiger partial charge in [0.05, 0.1) is 6.42 Å². The van der Waals surface area contributed by atoms with Crippen LogP contribution < -0.4 is 0 Å². The van der Waals surface area contributed by atoms with E-state index >= 15 is 0 Å². The van der Waals surface area contributed by atoms with E-state index in [0.717, 1.165) is 77.0 Å².